The van der Waals surface area contributed by atoms with E-state index in [1.165, 1.54) is 16.7 Å². The highest BCUT2D eigenvalue weighted by Crippen LogP contribution is 2.15. The van der Waals surface area contributed by atoms with Gasteiger partial charge in [-0.2, -0.15) is 0 Å². The minimum absolute atomic E-state index is 0.221. The fraction of sp³-hybridized carbons (Fsp3) is 0.333. The van der Waals surface area contributed by atoms with E-state index >= 15 is 0 Å². The Morgan fingerprint density at radius 2 is 1.68 bits per heavy atom. The van der Waals surface area contributed by atoms with E-state index in [2.05, 4.69) is 64.9 Å². The standard InChI is InChI=1S/C18H27N/c1-9-11-14(4)17(7)19-18(8)16(6)12-15(5)13(3)10-2/h9-12,17,19H,1,6,8H2,2-5,7H3/b13-10-,14-11+,15-12+/t17-/m0/s1. The molecular formula is C18H27N. The van der Waals surface area contributed by atoms with Gasteiger partial charge >= 0.3 is 0 Å². The Kier molecular flexibility index (Phi) is 7.59. The van der Waals surface area contributed by atoms with E-state index < -0.39 is 0 Å². The van der Waals surface area contributed by atoms with Gasteiger partial charge in [-0.15, -0.1) is 0 Å². The molecule has 1 N–H and O–H groups in total. The number of nitrogens with one attached hydrogen (secondary N) is 1. The minimum atomic E-state index is 0.221. The molecule has 0 rings (SSSR count). The van der Waals surface area contributed by atoms with Crippen LogP contribution in [0.4, 0.5) is 0 Å². The molecule has 0 amide bonds. The molecule has 19 heavy (non-hydrogen) atoms. The second kappa shape index (κ2) is 8.36. The highest BCUT2D eigenvalue weighted by Gasteiger charge is 2.06. The second-order valence-electron chi connectivity index (χ2n) is 4.82. The highest BCUT2D eigenvalue weighted by atomic mass is 14.9. The van der Waals surface area contributed by atoms with Crippen molar-refractivity contribution in [1.82, 2.24) is 5.32 Å². The third-order valence-corrected chi connectivity index (χ3v) is 3.29. The molecular weight excluding hydrogens is 230 g/mol. The van der Waals surface area contributed by atoms with E-state index in [-0.39, 0.29) is 6.04 Å². The zero-order valence-corrected chi connectivity index (χ0v) is 13.0. The van der Waals surface area contributed by atoms with Crippen LogP contribution in [0.5, 0.6) is 0 Å². The van der Waals surface area contributed by atoms with E-state index in [0.29, 0.717) is 0 Å². The summed E-state index contributed by atoms with van der Waals surface area (Å²) in [6.07, 6.45) is 7.95. The van der Waals surface area contributed by atoms with Crippen molar-refractivity contribution < 1.29 is 0 Å². The smallest absolute Gasteiger partial charge is 0.0445 e. The van der Waals surface area contributed by atoms with E-state index in [1.807, 2.05) is 13.0 Å². The maximum Gasteiger partial charge on any atom is 0.0445 e. The molecule has 1 atom stereocenters. The molecule has 0 fully saturated rings. The normalized spacial score (nSPS) is 14.9. The monoisotopic (exact) mass is 257 g/mol. The van der Waals surface area contributed by atoms with Gasteiger partial charge in [0.2, 0.25) is 0 Å². The number of hydrogen-bond donors (Lipinski definition) is 1. The van der Waals surface area contributed by atoms with Crippen molar-refractivity contribution in [3.63, 3.8) is 0 Å². The zero-order chi connectivity index (χ0) is 15.0. The van der Waals surface area contributed by atoms with Gasteiger partial charge in [0.25, 0.3) is 0 Å². The summed E-state index contributed by atoms with van der Waals surface area (Å²) in [5.41, 5.74) is 5.45. The van der Waals surface area contributed by atoms with Crippen LogP contribution >= 0.6 is 0 Å². The van der Waals surface area contributed by atoms with Crippen LogP contribution in [0.3, 0.4) is 0 Å². The third kappa shape index (κ3) is 6.10. The van der Waals surface area contributed by atoms with Crippen LogP contribution in [0.15, 0.2) is 72.0 Å². The van der Waals surface area contributed by atoms with Crippen molar-refractivity contribution in [1.29, 1.82) is 0 Å². The maximum absolute atomic E-state index is 4.06. The number of allylic oxidation sites excluding steroid dienone is 6. The lowest BCUT2D eigenvalue weighted by Crippen LogP contribution is -2.26. The lowest BCUT2D eigenvalue weighted by molar-refractivity contribution is 0.703. The lowest BCUT2D eigenvalue weighted by atomic mass is 10.0. The van der Waals surface area contributed by atoms with Crippen molar-refractivity contribution in [2.24, 2.45) is 0 Å². The van der Waals surface area contributed by atoms with Gasteiger partial charge in [0.1, 0.15) is 0 Å². The molecule has 0 spiro atoms. The molecule has 1 heteroatoms. The van der Waals surface area contributed by atoms with Crippen LogP contribution in [0.25, 0.3) is 0 Å². The quantitative estimate of drug-likeness (QED) is 0.627. The van der Waals surface area contributed by atoms with Crippen molar-refractivity contribution in [3.8, 4) is 0 Å². The Bertz CT molecular complexity index is 444. The Labute approximate surface area is 118 Å². The minimum Gasteiger partial charge on any atom is -0.379 e. The van der Waals surface area contributed by atoms with Gasteiger partial charge in [-0.3, -0.25) is 0 Å². The fourth-order valence-electron chi connectivity index (χ4n) is 1.49. The lowest BCUT2D eigenvalue weighted by Gasteiger charge is -2.18. The average molecular weight is 257 g/mol. The average Bonchev–Trinajstić information content (AvgIpc) is 2.37. The summed E-state index contributed by atoms with van der Waals surface area (Å²) in [4.78, 5) is 0. The number of hydrogen-bond acceptors (Lipinski definition) is 1. The molecule has 104 valence electrons. The topological polar surface area (TPSA) is 12.0 Å². The van der Waals surface area contributed by atoms with E-state index in [9.17, 15) is 0 Å². The van der Waals surface area contributed by atoms with Crippen molar-refractivity contribution in [2.75, 3.05) is 0 Å². The molecule has 0 aliphatic heterocycles. The molecule has 0 saturated heterocycles. The first kappa shape index (κ1) is 17.2. The van der Waals surface area contributed by atoms with E-state index in [0.717, 1.165) is 11.3 Å². The van der Waals surface area contributed by atoms with Crippen LogP contribution in [-0.2, 0) is 0 Å². The second-order valence-corrected chi connectivity index (χ2v) is 4.82. The third-order valence-electron chi connectivity index (χ3n) is 3.29. The zero-order valence-electron chi connectivity index (χ0n) is 13.0. The Balaban J connectivity index is 4.74. The summed E-state index contributed by atoms with van der Waals surface area (Å²) in [6.45, 7) is 22.2. The van der Waals surface area contributed by atoms with Crippen LogP contribution in [0.2, 0.25) is 0 Å². The van der Waals surface area contributed by atoms with Crippen molar-refractivity contribution in [2.45, 2.75) is 40.7 Å². The van der Waals surface area contributed by atoms with Gasteiger partial charge in [-0.05, 0) is 45.8 Å². The molecule has 0 bridgehead atoms. The first-order valence-electron chi connectivity index (χ1n) is 6.59. The summed E-state index contributed by atoms with van der Waals surface area (Å²) in [5.74, 6) is 0. The molecule has 0 heterocycles. The molecule has 1 nitrogen and oxygen atoms in total. The Morgan fingerprint density at radius 3 is 2.16 bits per heavy atom. The van der Waals surface area contributed by atoms with Gasteiger partial charge in [0, 0.05) is 11.7 Å². The highest BCUT2D eigenvalue weighted by molar-refractivity contribution is 5.42. The summed E-state index contributed by atoms with van der Waals surface area (Å²) in [5, 5.41) is 3.35. The van der Waals surface area contributed by atoms with Gasteiger partial charge in [-0.1, -0.05) is 55.2 Å². The summed E-state index contributed by atoms with van der Waals surface area (Å²) < 4.78 is 0. The molecule has 0 aromatic heterocycles. The first-order chi connectivity index (χ1) is 8.83. The predicted octanol–water partition coefficient (Wildman–Crippen LogP) is 5.08. The molecule has 0 unspecified atom stereocenters. The number of rotatable bonds is 7. The molecule has 0 aromatic carbocycles. The molecule has 0 saturated carbocycles. The SMILES string of the molecule is C=C/C=C(\C)[C@H](C)NC(=C)C(=C)/C=C(C)/C(C)=C\C. The predicted molar refractivity (Wildman–Crippen MR) is 88.0 cm³/mol. The molecule has 0 aliphatic rings. The largest absolute Gasteiger partial charge is 0.379 e. The van der Waals surface area contributed by atoms with Crippen LogP contribution < -0.4 is 5.32 Å². The van der Waals surface area contributed by atoms with Crippen LogP contribution in [0.1, 0.15) is 34.6 Å². The van der Waals surface area contributed by atoms with E-state index in [4.69, 9.17) is 0 Å². The van der Waals surface area contributed by atoms with Gasteiger partial charge in [0.05, 0.1) is 0 Å². The van der Waals surface area contributed by atoms with Gasteiger partial charge in [-0.25, -0.2) is 0 Å². The summed E-state index contributed by atoms with van der Waals surface area (Å²) in [7, 11) is 0. The van der Waals surface area contributed by atoms with Crippen LogP contribution in [0, 0.1) is 0 Å². The van der Waals surface area contributed by atoms with Crippen LogP contribution in [-0.4, -0.2) is 6.04 Å². The van der Waals surface area contributed by atoms with Gasteiger partial charge in [0.15, 0.2) is 0 Å². The van der Waals surface area contributed by atoms with Gasteiger partial charge < -0.3 is 5.32 Å². The van der Waals surface area contributed by atoms with Crippen molar-refractivity contribution >= 4 is 0 Å². The maximum atomic E-state index is 4.06. The Morgan fingerprint density at radius 1 is 1.11 bits per heavy atom. The first-order valence-corrected chi connectivity index (χ1v) is 6.59. The van der Waals surface area contributed by atoms with E-state index in [1.54, 1.807) is 6.08 Å². The molecule has 0 radical (unpaired) electrons. The summed E-state index contributed by atoms with van der Waals surface area (Å²) in [6, 6.07) is 0.221. The summed E-state index contributed by atoms with van der Waals surface area (Å²) >= 11 is 0. The molecule has 0 aromatic rings. The van der Waals surface area contributed by atoms with Crippen molar-refractivity contribution in [3.05, 3.63) is 72.0 Å². The fourth-order valence-corrected chi connectivity index (χ4v) is 1.49. The molecule has 0 aliphatic carbocycles. The Hall–Kier alpha value is -1.76.